The Morgan fingerprint density at radius 1 is 1.39 bits per heavy atom. The van der Waals surface area contributed by atoms with Gasteiger partial charge in [0.05, 0.1) is 11.5 Å². The zero-order valence-electron chi connectivity index (χ0n) is 10.8. The molecule has 1 aromatic rings. The first-order valence-corrected chi connectivity index (χ1v) is 7.67. The van der Waals surface area contributed by atoms with Crippen LogP contribution in [-0.4, -0.2) is 30.4 Å². The highest BCUT2D eigenvalue weighted by Crippen LogP contribution is 2.32. The van der Waals surface area contributed by atoms with E-state index in [1.54, 1.807) is 22.5 Å². The van der Waals surface area contributed by atoms with E-state index in [4.69, 9.17) is 0 Å². The smallest absolute Gasteiger partial charge is 0.243 e. The molecule has 0 radical (unpaired) electrons. The van der Waals surface area contributed by atoms with Crippen LogP contribution in [0.25, 0.3) is 0 Å². The van der Waals surface area contributed by atoms with Gasteiger partial charge in [0.25, 0.3) is 0 Å². The quantitative estimate of drug-likeness (QED) is 0.884. The van der Waals surface area contributed by atoms with Crippen molar-refractivity contribution in [3.63, 3.8) is 0 Å². The Kier molecular flexibility index (Phi) is 3.75. The second-order valence-electron chi connectivity index (χ2n) is 4.69. The number of aliphatic hydroxyl groups excluding tert-OH is 1. The number of rotatable bonds is 5. The molecule has 0 bridgehead atoms. The minimum atomic E-state index is -3.42. The summed E-state index contributed by atoms with van der Waals surface area (Å²) >= 11 is 0. The van der Waals surface area contributed by atoms with E-state index in [2.05, 4.69) is 0 Å². The molecular weight excluding hydrogens is 250 g/mol. The van der Waals surface area contributed by atoms with Gasteiger partial charge in [0, 0.05) is 12.6 Å². The van der Waals surface area contributed by atoms with Gasteiger partial charge in [-0.2, -0.15) is 4.31 Å². The van der Waals surface area contributed by atoms with E-state index in [1.807, 2.05) is 13.8 Å². The predicted octanol–water partition coefficient (Wildman–Crippen LogP) is 1.66. The Morgan fingerprint density at radius 2 is 2.06 bits per heavy atom. The standard InChI is InChI=1S/C13H19NO3S/c1-3-14(12-5-6-12)18(16,17)13-7-4-10(2)11(8-13)9-15/h4,7-8,12,15H,3,5-6,9H2,1-2H3. The van der Waals surface area contributed by atoms with E-state index in [0.29, 0.717) is 12.1 Å². The van der Waals surface area contributed by atoms with E-state index in [0.717, 1.165) is 18.4 Å². The van der Waals surface area contributed by atoms with Crippen molar-refractivity contribution in [2.75, 3.05) is 6.54 Å². The minimum absolute atomic E-state index is 0.134. The summed E-state index contributed by atoms with van der Waals surface area (Å²) in [4.78, 5) is 0.283. The van der Waals surface area contributed by atoms with E-state index in [-0.39, 0.29) is 17.5 Å². The zero-order chi connectivity index (χ0) is 13.3. The highest BCUT2D eigenvalue weighted by molar-refractivity contribution is 7.89. The fraction of sp³-hybridized carbons (Fsp3) is 0.538. The van der Waals surface area contributed by atoms with Crippen LogP contribution in [0.3, 0.4) is 0 Å². The first-order valence-electron chi connectivity index (χ1n) is 6.23. The maximum Gasteiger partial charge on any atom is 0.243 e. The van der Waals surface area contributed by atoms with Crippen LogP contribution < -0.4 is 0 Å². The monoisotopic (exact) mass is 269 g/mol. The molecular formula is C13H19NO3S. The first kappa shape index (κ1) is 13.5. The van der Waals surface area contributed by atoms with Crippen molar-refractivity contribution in [1.29, 1.82) is 0 Å². The first-order chi connectivity index (χ1) is 8.50. The van der Waals surface area contributed by atoms with Crippen molar-refractivity contribution in [3.8, 4) is 0 Å². The molecule has 1 aromatic carbocycles. The second kappa shape index (κ2) is 4.99. The lowest BCUT2D eigenvalue weighted by molar-refractivity contribution is 0.280. The third-order valence-electron chi connectivity index (χ3n) is 3.36. The molecule has 100 valence electrons. The molecule has 1 fully saturated rings. The topological polar surface area (TPSA) is 57.6 Å². The molecule has 18 heavy (non-hydrogen) atoms. The molecule has 5 heteroatoms. The Balaban J connectivity index is 2.40. The Hall–Kier alpha value is -0.910. The lowest BCUT2D eigenvalue weighted by Gasteiger charge is -2.20. The molecule has 0 amide bonds. The summed E-state index contributed by atoms with van der Waals surface area (Å²) in [6.07, 6.45) is 1.90. The van der Waals surface area contributed by atoms with Crippen LogP contribution in [0.1, 0.15) is 30.9 Å². The molecule has 2 rings (SSSR count). The summed E-state index contributed by atoms with van der Waals surface area (Å²) < 4.78 is 26.5. The van der Waals surface area contributed by atoms with Gasteiger partial charge in [-0.25, -0.2) is 8.42 Å². The van der Waals surface area contributed by atoms with Gasteiger partial charge in [0.1, 0.15) is 0 Å². The fourth-order valence-corrected chi connectivity index (χ4v) is 3.85. The molecule has 0 spiro atoms. The summed E-state index contributed by atoms with van der Waals surface area (Å²) in [6, 6.07) is 5.11. The number of nitrogens with zero attached hydrogens (tertiary/aromatic N) is 1. The molecule has 1 N–H and O–H groups in total. The van der Waals surface area contributed by atoms with E-state index < -0.39 is 10.0 Å². The molecule has 0 heterocycles. The summed E-state index contributed by atoms with van der Waals surface area (Å²) in [7, 11) is -3.42. The largest absolute Gasteiger partial charge is 0.392 e. The Bertz CT molecular complexity index is 535. The SMILES string of the molecule is CCN(C1CC1)S(=O)(=O)c1ccc(C)c(CO)c1. The van der Waals surface area contributed by atoms with E-state index in [1.165, 1.54) is 0 Å². The van der Waals surface area contributed by atoms with Crippen molar-refractivity contribution >= 4 is 10.0 Å². The molecule has 0 atom stereocenters. The van der Waals surface area contributed by atoms with Crippen molar-refractivity contribution < 1.29 is 13.5 Å². The van der Waals surface area contributed by atoms with E-state index in [9.17, 15) is 13.5 Å². The Morgan fingerprint density at radius 3 is 2.56 bits per heavy atom. The number of benzene rings is 1. The normalized spacial score (nSPS) is 16.2. The number of hydrogen-bond donors (Lipinski definition) is 1. The summed E-state index contributed by atoms with van der Waals surface area (Å²) in [5.41, 5.74) is 1.58. The van der Waals surface area contributed by atoms with Gasteiger partial charge >= 0.3 is 0 Å². The molecule has 0 aromatic heterocycles. The maximum absolute atomic E-state index is 12.5. The molecule has 0 saturated heterocycles. The van der Waals surface area contributed by atoms with Crippen LogP contribution in [-0.2, 0) is 16.6 Å². The van der Waals surface area contributed by atoms with Crippen LogP contribution in [0.4, 0.5) is 0 Å². The molecule has 1 aliphatic carbocycles. The van der Waals surface area contributed by atoms with Crippen molar-refractivity contribution in [2.24, 2.45) is 0 Å². The summed E-state index contributed by atoms with van der Waals surface area (Å²) in [5, 5.41) is 9.22. The highest BCUT2D eigenvalue weighted by Gasteiger charge is 2.36. The second-order valence-corrected chi connectivity index (χ2v) is 6.58. The van der Waals surface area contributed by atoms with Crippen molar-refractivity contribution in [3.05, 3.63) is 29.3 Å². The van der Waals surface area contributed by atoms with Crippen LogP contribution in [0.5, 0.6) is 0 Å². The van der Waals surface area contributed by atoms with Crippen LogP contribution in [0.15, 0.2) is 23.1 Å². The average molecular weight is 269 g/mol. The number of sulfonamides is 1. The van der Waals surface area contributed by atoms with Gasteiger partial charge in [0.15, 0.2) is 0 Å². The van der Waals surface area contributed by atoms with Gasteiger partial charge in [-0.05, 0) is 43.0 Å². The predicted molar refractivity (Wildman–Crippen MR) is 69.7 cm³/mol. The number of hydrogen-bond acceptors (Lipinski definition) is 3. The van der Waals surface area contributed by atoms with Gasteiger partial charge < -0.3 is 5.11 Å². The molecule has 1 aliphatic rings. The van der Waals surface area contributed by atoms with Gasteiger partial charge in [-0.3, -0.25) is 0 Å². The zero-order valence-corrected chi connectivity index (χ0v) is 11.6. The fourth-order valence-electron chi connectivity index (χ4n) is 2.10. The molecule has 0 unspecified atom stereocenters. The maximum atomic E-state index is 12.5. The third kappa shape index (κ3) is 2.43. The molecule has 4 nitrogen and oxygen atoms in total. The molecule has 0 aliphatic heterocycles. The number of aryl methyl sites for hydroxylation is 1. The van der Waals surface area contributed by atoms with Gasteiger partial charge in [0.2, 0.25) is 10.0 Å². The molecule has 1 saturated carbocycles. The van der Waals surface area contributed by atoms with Crippen LogP contribution in [0.2, 0.25) is 0 Å². The van der Waals surface area contributed by atoms with Crippen molar-refractivity contribution in [1.82, 2.24) is 4.31 Å². The Labute approximate surface area is 108 Å². The summed E-state index contributed by atoms with van der Waals surface area (Å²) in [6.45, 7) is 4.08. The third-order valence-corrected chi connectivity index (χ3v) is 5.39. The number of aliphatic hydroxyl groups is 1. The van der Waals surface area contributed by atoms with Gasteiger partial charge in [-0.15, -0.1) is 0 Å². The lowest BCUT2D eigenvalue weighted by atomic mass is 10.1. The average Bonchev–Trinajstić information content (AvgIpc) is 3.14. The lowest BCUT2D eigenvalue weighted by Crippen LogP contribution is -2.32. The summed E-state index contributed by atoms with van der Waals surface area (Å²) in [5.74, 6) is 0. The van der Waals surface area contributed by atoms with E-state index >= 15 is 0 Å². The van der Waals surface area contributed by atoms with Crippen LogP contribution in [0, 0.1) is 6.92 Å². The van der Waals surface area contributed by atoms with Crippen molar-refractivity contribution in [2.45, 2.75) is 44.2 Å². The highest BCUT2D eigenvalue weighted by atomic mass is 32.2. The van der Waals surface area contributed by atoms with Gasteiger partial charge in [-0.1, -0.05) is 13.0 Å². The minimum Gasteiger partial charge on any atom is -0.392 e. The van der Waals surface area contributed by atoms with Crippen LogP contribution >= 0.6 is 0 Å².